The molecule has 2 aromatic rings. The van der Waals surface area contributed by atoms with Gasteiger partial charge in [0, 0.05) is 9.79 Å². The molecule has 0 saturated heterocycles. The topological polar surface area (TPSA) is 12.0 Å². The molecule has 0 spiro atoms. The summed E-state index contributed by atoms with van der Waals surface area (Å²) in [5.41, 5.74) is 1.18. The first-order valence-electron chi connectivity index (χ1n) is 5.17. The monoisotopic (exact) mass is 295 g/mol. The maximum Gasteiger partial charge on any atom is 0.150 e. The van der Waals surface area contributed by atoms with E-state index in [1.54, 1.807) is 11.4 Å². The first-order valence-corrected chi connectivity index (χ1v) is 10.8. The standard InChI is InChI=1S/C12H10NPS3/c15-14(16-10-6-2-1-3-7-10)13-11-8-4-5-9-12(11)17-14/h1-9H,(H,13,15). The van der Waals surface area contributed by atoms with E-state index in [1.807, 2.05) is 23.5 Å². The van der Waals surface area contributed by atoms with Crippen LogP contribution in [0.25, 0.3) is 0 Å². The van der Waals surface area contributed by atoms with Gasteiger partial charge in [-0.3, -0.25) is 0 Å². The summed E-state index contributed by atoms with van der Waals surface area (Å²) in [5, 5.41) is 3.51. The second-order valence-corrected chi connectivity index (χ2v) is 14.2. The van der Waals surface area contributed by atoms with Gasteiger partial charge in [-0.05, 0) is 24.3 Å². The summed E-state index contributed by atoms with van der Waals surface area (Å²) in [5.74, 6) is 0. The van der Waals surface area contributed by atoms with Gasteiger partial charge in [0.25, 0.3) is 0 Å². The average Bonchev–Trinajstić information content (AvgIpc) is 2.66. The molecule has 0 fully saturated rings. The number of rotatable bonds is 2. The smallest absolute Gasteiger partial charge is 0.150 e. The van der Waals surface area contributed by atoms with Crippen LogP contribution in [0.15, 0.2) is 64.4 Å². The first kappa shape index (κ1) is 11.7. The van der Waals surface area contributed by atoms with Gasteiger partial charge in [-0.1, -0.05) is 64.9 Å². The number of nitrogens with one attached hydrogen (secondary N) is 1. The van der Waals surface area contributed by atoms with Crippen molar-refractivity contribution < 1.29 is 0 Å². The fraction of sp³-hybridized carbons (Fsp3) is 0. The van der Waals surface area contributed by atoms with Crippen molar-refractivity contribution in [2.45, 2.75) is 9.79 Å². The lowest BCUT2D eigenvalue weighted by atomic mass is 10.3. The highest BCUT2D eigenvalue weighted by molar-refractivity contribution is 9.01. The molecule has 0 amide bonds. The number of anilines is 1. The minimum Gasteiger partial charge on any atom is -0.341 e. The van der Waals surface area contributed by atoms with E-state index < -0.39 is 4.59 Å². The van der Waals surface area contributed by atoms with E-state index in [-0.39, 0.29) is 0 Å². The zero-order chi connectivity index (χ0) is 11.7. The van der Waals surface area contributed by atoms with E-state index in [4.69, 9.17) is 11.8 Å². The quantitative estimate of drug-likeness (QED) is 0.762. The Hall–Kier alpha value is -0.410. The minimum atomic E-state index is -1.66. The van der Waals surface area contributed by atoms with Gasteiger partial charge in [-0.25, -0.2) is 0 Å². The number of hydrogen-bond acceptors (Lipinski definition) is 3. The van der Waals surface area contributed by atoms with Crippen LogP contribution < -0.4 is 5.09 Å². The van der Waals surface area contributed by atoms with Crippen molar-refractivity contribution >= 4 is 44.8 Å². The van der Waals surface area contributed by atoms with E-state index in [2.05, 4.69) is 47.6 Å². The molecule has 17 heavy (non-hydrogen) atoms. The van der Waals surface area contributed by atoms with Crippen LogP contribution >= 0.6 is 27.4 Å². The Morgan fingerprint density at radius 2 is 1.71 bits per heavy atom. The van der Waals surface area contributed by atoms with Crippen LogP contribution in [0.4, 0.5) is 5.69 Å². The van der Waals surface area contributed by atoms with Gasteiger partial charge in [0.15, 0.2) is 0 Å². The molecule has 0 aliphatic carbocycles. The van der Waals surface area contributed by atoms with E-state index in [0.717, 1.165) is 0 Å². The molecule has 1 N–H and O–H groups in total. The predicted molar refractivity (Wildman–Crippen MR) is 82.5 cm³/mol. The van der Waals surface area contributed by atoms with E-state index in [1.165, 1.54) is 15.5 Å². The normalized spacial score (nSPS) is 21.9. The van der Waals surface area contributed by atoms with Crippen molar-refractivity contribution in [3.63, 3.8) is 0 Å². The molecule has 5 heteroatoms. The summed E-state index contributed by atoms with van der Waals surface area (Å²) < 4.78 is -1.66. The largest absolute Gasteiger partial charge is 0.341 e. The summed E-state index contributed by atoms with van der Waals surface area (Å²) >= 11 is 9.38. The van der Waals surface area contributed by atoms with Crippen LogP contribution in [-0.4, -0.2) is 0 Å². The predicted octanol–water partition coefficient (Wildman–Crippen LogP) is 5.22. The van der Waals surface area contributed by atoms with Crippen LogP contribution in [0.5, 0.6) is 0 Å². The lowest BCUT2D eigenvalue weighted by Gasteiger charge is -2.14. The van der Waals surface area contributed by atoms with Crippen molar-refractivity contribution in [3.8, 4) is 0 Å². The first-order chi connectivity index (χ1) is 8.25. The summed E-state index contributed by atoms with van der Waals surface area (Å²) in [4.78, 5) is 2.52. The molecule has 86 valence electrons. The zero-order valence-electron chi connectivity index (χ0n) is 8.87. The Bertz CT molecular complexity index is 556. The molecule has 1 heterocycles. The van der Waals surface area contributed by atoms with Crippen molar-refractivity contribution in [2.24, 2.45) is 0 Å². The number of hydrogen-bond donors (Lipinski definition) is 1. The van der Waals surface area contributed by atoms with E-state index >= 15 is 0 Å². The molecule has 0 radical (unpaired) electrons. The summed E-state index contributed by atoms with van der Waals surface area (Å²) in [6.45, 7) is 0. The van der Waals surface area contributed by atoms with Gasteiger partial charge in [0.05, 0.1) is 5.69 Å². The van der Waals surface area contributed by atoms with Crippen LogP contribution in [-0.2, 0) is 11.8 Å². The molecular weight excluding hydrogens is 285 g/mol. The SMILES string of the molecule is S=P1(Sc2ccccc2)Nc2ccccc2S1. The maximum atomic E-state index is 5.78. The van der Waals surface area contributed by atoms with Crippen LogP contribution in [0.2, 0.25) is 0 Å². The van der Waals surface area contributed by atoms with Crippen molar-refractivity contribution in [1.29, 1.82) is 0 Å². The minimum absolute atomic E-state index is 1.18. The third kappa shape index (κ3) is 2.55. The molecule has 0 aromatic heterocycles. The van der Waals surface area contributed by atoms with Crippen LogP contribution in [0.3, 0.4) is 0 Å². The summed E-state index contributed by atoms with van der Waals surface area (Å²) in [7, 11) is 0. The molecule has 1 nitrogen and oxygen atoms in total. The van der Waals surface area contributed by atoms with Crippen LogP contribution in [0, 0.1) is 0 Å². The van der Waals surface area contributed by atoms with Gasteiger partial charge >= 0.3 is 0 Å². The van der Waals surface area contributed by atoms with Gasteiger partial charge < -0.3 is 5.09 Å². The van der Waals surface area contributed by atoms with E-state index in [0.29, 0.717) is 0 Å². The number of fused-ring (bicyclic) bond motifs is 1. The Labute approximate surface area is 114 Å². The second-order valence-electron chi connectivity index (χ2n) is 3.60. The molecule has 0 bridgehead atoms. The summed E-state index contributed by atoms with van der Waals surface area (Å²) in [6, 6.07) is 18.7. The average molecular weight is 295 g/mol. The van der Waals surface area contributed by atoms with Gasteiger partial charge in [0.2, 0.25) is 0 Å². The van der Waals surface area contributed by atoms with Crippen LogP contribution in [0.1, 0.15) is 0 Å². The summed E-state index contributed by atoms with van der Waals surface area (Å²) in [6.07, 6.45) is 0. The van der Waals surface area contributed by atoms with Gasteiger partial charge in [-0.2, -0.15) is 0 Å². The third-order valence-electron chi connectivity index (χ3n) is 2.33. The highest BCUT2D eigenvalue weighted by Gasteiger charge is 2.28. The molecule has 1 unspecified atom stereocenters. The molecular formula is C12H10NPS3. The van der Waals surface area contributed by atoms with E-state index in [9.17, 15) is 0 Å². The van der Waals surface area contributed by atoms with Gasteiger partial charge in [-0.15, -0.1) is 0 Å². The maximum absolute atomic E-state index is 5.78. The van der Waals surface area contributed by atoms with Gasteiger partial charge in [0.1, 0.15) is 4.59 Å². The second kappa shape index (κ2) is 4.69. The number of para-hydroxylation sites is 1. The van der Waals surface area contributed by atoms with Crippen molar-refractivity contribution in [2.75, 3.05) is 5.09 Å². The fourth-order valence-electron chi connectivity index (χ4n) is 1.60. The molecule has 1 aliphatic heterocycles. The third-order valence-corrected chi connectivity index (χ3v) is 10.5. The lowest BCUT2D eigenvalue weighted by molar-refractivity contribution is 1.48. The Balaban J connectivity index is 1.85. The number of benzene rings is 2. The fourth-order valence-corrected chi connectivity index (χ4v) is 10.5. The lowest BCUT2D eigenvalue weighted by Crippen LogP contribution is -1.82. The molecule has 1 atom stereocenters. The highest BCUT2D eigenvalue weighted by atomic mass is 33.2. The van der Waals surface area contributed by atoms with Crippen molar-refractivity contribution in [1.82, 2.24) is 0 Å². The molecule has 2 aromatic carbocycles. The highest BCUT2D eigenvalue weighted by Crippen LogP contribution is 2.77. The Morgan fingerprint density at radius 1 is 1.00 bits per heavy atom. The Morgan fingerprint density at radius 3 is 2.47 bits per heavy atom. The van der Waals surface area contributed by atoms with Crippen molar-refractivity contribution in [3.05, 3.63) is 54.6 Å². The molecule has 3 rings (SSSR count). The molecule has 1 aliphatic rings. The molecule has 0 saturated carbocycles. The Kier molecular flexibility index (Phi) is 3.22. The zero-order valence-corrected chi connectivity index (χ0v) is 12.2.